The smallest absolute Gasteiger partial charge is 0.160 e. The molecule has 0 amide bonds. The summed E-state index contributed by atoms with van der Waals surface area (Å²) < 4.78 is 0. The zero-order valence-electron chi connectivity index (χ0n) is 9.81. The van der Waals surface area contributed by atoms with Crippen molar-refractivity contribution in [3.63, 3.8) is 0 Å². The van der Waals surface area contributed by atoms with E-state index in [1.807, 2.05) is 6.20 Å². The highest BCUT2D eigenvalue weighted by Crippen LogP contribution is 2.29. The molecule has 0 radical (unpaired) electrons. The number of aromatic nitrogens is 2. The molecule has 88 valence electrons. The van der Waals surface area contributed by atoms with Gasteiger partial charge >= 0.3 is 0 Å². The van der Waals surface area contributed by atoms with Gasteiger partial charge in [-0.15, -0.1) is 0 Å². The Bertz CT molecular complexity index is 547. The van der Waals surface area contributed by atoms with Crippen molar-refractivity contribution in [2.45, 2.75) is 32.2 Å². The highest BCUT2D eigenvalue weighted by Gasteiger charge is 2.19. The van der Waals surface area contributed by atoms with Gasteiger partial charge in [0.25, 0.3) is 0 Å². The van der Waals surface area contributed by atoms with Crippen molar-refractivity contribution < 1.29 is 0 Å². The average molecular weight is 245 g/mol. The first-order chi connectivity index (χ1) is 8.25. The number of hydrogen-bond acceptors (Lipinski definition) is 4. The van der Waals surface area contributed by atoms with Gasteiger partial charge in [-0.3, -0.25) is 0 Å². The van der Waals surface area contributed by atoms with Crippen molar-refractivity contribution in [3.05, 3.63) is 33.8 Å². The van der Waals surface area contributed by atoms with Crippen LogP contribution in [0.4, 0.5) is 0 Å². The van der Waals surface area contributed by atoms with Gasteiger partial charge in [0, 0.05) is 34.4 Å². The maximum absolute atomic E-state index is 6.07. The Morgan fingerprint density at radius 1 is 1.41 bits per heavy atom. The topological polar surface area (TPSA) is 51.8 Å². The molecule has 2 N–H and O–H groups in total. The van der Waals surface area contributed by atoms with E-state index in [0.29, 0.717) is 0 Å². The van der Waals surface area contributed by atoms with Crippen molar-refractivity contribution in [1.29, 1.82) is 0 Å². The van der Waals surface area contributed by atoms with E-state index in [9.17, 15) is 0 Å². The van der Waals surface area contributed by atoms with Gasteiger partial charge in [-0.05, 0) is 37.1 Å². The minimum Gasteiger partial charge on any atom is -0.324 e. The molecule has 1 aliphatic carbocycles. The van der Waals surface area contributed by atoms with Crippen LogP contribution in [-0.2, 0) is 6.42 Å². The summed E-state index contributed by atoms with van der Waals surface area (Å²) in [6.07, 6.45) is 5.13. The Balaban J connectivity index is 2.07. The molecule has 0 aromatic carbocycles. The van der Waals surface area contributed by atoms with Crippen LogP contribution < -0.4 is 5.73 Å². The van der Waals surface area contributed by atoms with Crippen LogP contribution in [0.3, 0.4) is 0 Å². The highest BCUT2D eigenvalue weighted by atomic mass is 32.1. The second kappa shape index (κ2) is 4.20. The number of hydrogen-bond donors (Lipinski definition) is 1. The molecule has 0 aliphatic heterocycles. The Labute approximate surface area is 105 Å². The summed E-state index contributed by atoms with van der Waals surface area (Å²) in [5.74, 6) is 0.844. The molecule has 1 unspecified atom stereocenters. The largest absolute Gasteiger partial charge is 0.324 e. The maximum Gasteiger partial charge on any atom is 0.160 e. The number of aryl methyl sites for hydroxylation is 2. The molecule has 2 aromatic rings. The normalized spacial score (nSPS) is 19.1. The van der Waals surface area contributed by atoms with Crippen molar-refractivity contribution in [2.75, 3.05) is 0 Å². The van der Waals surface area contributed by atoms with Crippen LogP contribution in [0.2, 0.25) is 0 Å². The summed E-state index contributed by atoms with van der Waals surface area (Å²) >= 11 is 1.69. The molecule has 0 bridgehead atoms. The number of nitrogens with two attached hydrogens (primary N) is 1. The van der Waals surface area contributed by atoms with Crippen LogP contribution in [0, 0.1) is 6.92 Å². The standard InChI is InChI=1S/C13H15N3S/c1-8-6-17-7-10(8)13-15-5-9-11(14)3-2-4-12(9)16-13/h5-7,11H,2-4,14H2,1H3. The monoisotopic (exact) mass is 245 g/mol. The van der Waals surface area contributed by atoms with Crippen LogP contribution in [0.25, 0.3) is 11.4 Å². The first-order valence-electron chi connectivity index (χ1n) is 5.90. The molecule has 3 nitrogen and oxygen atoms in total. The van der Waals surface area contributed by atoms with E-state index in [2.05, 4.69) is 27.7 Å². The van der Waals surface area contributed by atoms with Gasteiger partial charge in [0.1, 0.15) is 0 Å². The van der Waals surface area contributed by atoms with Gasteiger partial charge in [0.05, 0.1) is 0 Å². The predicted octanol–water partition coefficient (Wildman–Crippen LogP) is 2.85. The lowest BCUT2D eigenvalue weighted by molar-refractivity contribution is 0.557. The lowest BCUT2D eigenvalue weighted by Crippen LogP contribution is -2.19. The fourth-order valence-electron chi connectivity index (χ4n) is 2.30. The minimum absolute atomic E-state index is 0.122. The highest BCUT2D eigenvalue weighted by molar-refractivity contribution is 7.08. The number of fused-ring (bicyclic) bond motifs is 1. The third-order valence-corrected chi connectivity index (χ3v) is 4.19. The SMILES string of the molecule is Cc1cscc1-c1ncc2c(n1)CCCC2N. The Morgan fingerprint density at radius 2 is 2.29 bits per heavy atom. The molecule has 4 heteroatoms. The maximum atomic E-state index is 6.07. The zero-order valence-corrected chi connectivity index (χ0v) is 10.6. The van der Waals surface area contributed by atoms with E-state index in [4.69, 9.17) is 5.73 Å². The first kappa shape index (κ1) is 10.9. The summed E-state index contributed by atoms with van der Waals surface area (Å²) in [5, 5.41) is 4.24. The summed E-state index contributed by atoms with van der Waals surface area (Å²) in [6, 6.07) is 0.122. The number of nitrogens with zero attached hydrogens (tertiary/aromatic N) is 2. The van der Waals surface area contributed by atoms with Gasteiger partial charge in [0.15, 0.2) is 5.82 Å². The third-order valence-electron chi connectivity index (χ3n) is 3.32. The molecule has 1 aliphatic rings. The Morgan fingerprint density at radius 3 is 3.06 bits per heavy atom. The summed E-state index contributed by atoms with van der Waals surface area (Å²) in [5.41, 5.74) is 10.7. The minimum atomic E-state index is 0.122. The molecule has 0 saturated heterocycles. The van der Waals surface area contributed by atoms with Gasteiger partial charge in [-0.2, -0.15) is 11.3 Å². The van der Waals surface area contributed by atoms with Gasteiger partial charge in [-0.25, -0.2) is 9.97 Å². The quantitative estimate of drug-likeness (QED) is 0.840. The van der Waals surface area contributed by atoms with E-state index in [1.165, 1.54) is 5.56 Å². The van der Waals surface area contributed by atoms with Gasteiger partial charge < -0.3 is 5.73 Å². The van der Waals surface area contributed by atoms with E-state index >= 15 is 0 Å². The summed E-state index contributed by atoms with van der Waals surface area (Å²) in [7, 11) is 0. The molecule has 0 spiro atoms. The Hall–Kier alpha value is -1.26. The van der Waals surface area contributed by atoms with E-state index < -0.39 is 0 Å². The van der Waals surface area contributed by atoms with Crippen LogP contribution in [0.15, 0.2) is 17.0 Å². The van der Waals surface area contributed by atoms with Crippen molar-refractivity contribution >= 4 is 11.3 Å². The molecular formula is C13H15N3S. The van der Waals surface area contributed by atoms with E-state index in [-0.39, 0.29) is 6.04 Å². The van der Waals surface area contributed by atoms with E-state index in [0.717, 1.165) is 41.9 Å². The molecule has 2 aromatic heterocycles. The molecule has 0 saturated carbocycles. The van der Waals surface area contributed by atoms with Crippen LogP contribution in [0.1, 0.15) is 35.7 Å². The van der Waals surface area contributed by atoms with Crippen LogP contribution in [0.5, 0.6) is 0 Å². The first-order valence-corrected chi connectivity index (χ1v) is 6.84. The predicted molar refractivity (Wildman–Crippen MR) is 69.9 cm³/mol. The molecular weight excluding hydrogens is 230 g/mol. The molecule has 0 fully saturated rings. The van der Waals surface area contributed by atoms with Gasteiger partial charge in [-0.1, -0.05) is 0 Å². The van der Waals surface area contributed by atoms with E-state index in [1.54, 1.807) is 11.3 Å². The fraction of sp³-hybridized carbons (Fsp3) is 0.385. The average Bonchev–Trinajstić information content (AvgIpc) is 2.75. The second-order valence-electron chi connectivity index (χ2n) is 4.56. The van der Waals surface area contributed by atoms with Crippen molar-refractivity contribution in [2.24, 2.45) is 5.73 Å². The summed E-state index contributed by atoms with van der Waals surface area (Å²) in [4.78, 5) is 9.14. The second-order valence-corrected chi connectivity index (χ2v) is 5.31. The lowest BCUT2D eigenvalue weighted by atomic mass is 9.93. The van der Waals surface area contributed by atoms with Gasteiger partial charge in [0.2, 0.25) is 0 Å². The molecule has 3 rings (SSSR count). The molecule has 17 heavy (non-hydrogen) atoms. The molecule has 2 heterocycles. The van der Waals surface area contributed by atoms with Crippen LogP contribution in [-0.4, -0.2) is 9.97 Å². The lowest BCUT2D eigenvalue weighted by Gasteiger charge is -2.20. The van der Waals surface area contributed by atoms with Crippen molar-refractivity contribution in [3.8, 4) is 11.4 Å². The van der Waals surface area contributed by atoms with Crippen LogP contribution >= 0.6 is 11.3 Å². The zero-order chi connectivity index (χ0) is 11.8. The number of rotatable bonds is 1. The number of thiophene rings is 1. The Kier molecular flexibility index (Phi) is 2.68. The summed E-state index contributed by atoms with van der Waals surface area (Å²) in [6.45, 7) is 2.10. The third kappa shape index (κ3) is 1.87. The van der Waals surface area contributed by atoms with Crippen molar-refractivity contribution in [1.82, 2.24) is 9.97 Å². The fourth-order valence-corrected chi connectivity index (χ4v) is 3.13. The molecule has 1 atom stereocenters.